The van der Waals surface area contributed by atoms with E-state index in [1.807, 2.05) is 30.3 Å². The molecule has 0 aliphatic heterocycles. The maximum Gasteiger partial charge on any atom is 0.322 e. The van der Waals surface area contributed by atoms with Gasteiger partial charge in [0.2, 0.25) is 0 Å². The number of aliphatic hydroxyl groups is 1. The average Bonchev–Trinajstić information content (AvgIpc) is 2.49. The van der Waals surface area contributed by atoms with E-state index in [1.54, 1.807) is 19.1 Å². The Hall–Kier alpha value is -2.40. The van der Waals surface area contributed by atoms with Crippen LogP contribution in [0.1, 0.15) is 12.5 Å². The van der Waals surface area contributed by atoms with Gasteiger partial charge in [-0.25, -0.2) is 9.18 Å². The van der Waals surface area contributed by atoms with Gasteiger partial charge in [-0.15, -0.1) is 0 Å². The van der Waals surface area contributed by atoms with Crippen molar-refractivity contribution in [1.29, 1.82) is 0 Å². The van der Waals surface area contributed by atoms with Crippen LogP contribution < -0.4 is 5.32 Å². The Morgan fingerprint density at radius 3 is 2.45 bits per heavy atom. The van der Waals surface area contributed by atoms with Crippen LogP contribution in [0.4, 0.5) is 14.9 Å². The first-order valence-electron chi connectivity index (χ1n) is 7.08. The minimum absolute atomic E-state index is 0.121. The summed E-state index contributed by atoms with van der Waals surface area (Å²) in [6.07, 6.45) is -0.671. The molecule has 1 atom stereocenters. The molecule has 0 spiro atoms. The SMILES string of the molecule is CC(O)CN(Cc1ccccc1)C(=O)Nc1ccccc1F. The minimum Gasteiger partial charge on any atom is -0.392 e. The molecule has 2 amide bonds. The largest absolute Gasteiger partial charge is 0.392 e. The van der Waals surface area contributed by atoms with Crippen LogP contribution in [0.15, 0.2) is 54.6 Å². The third-order valence-corrected chi connectivity index (χ3v) is 3.10. The normalized spacial score (nSPS) is 11.8. The lowest BCUT2D eigenvalue weighted by atomic mass is 10.2. The first-order chi connectivity index (χ1) is 10.6. The van der Waals surface area contributed by atoms with E-state index in [0.29, 0.717) is 6.54 Å². The number of benzene rings is 2. The quantitative estimate of drug-likeness (QED) is 0.891. The summed E-state index contributed by atoms with van der Waals surface area (Å²) in [5.41, 5.74) is 1.06. The standard InChI is InChI=1S/C17H19FN2O2/c1-13(21)11-20(12-14-7-3-2-4-8-14)17(22)19-16-10-6-5-9-15(16)18/h2-10,13,21H,11-12H2,1H3,(H,19,22). The lowest BCUT2D eigenvalue weighted by Crippen LogP contribution is -2.39. The number of urea groups is 1. The highest BCUT2D eigenvalue weighted by atomic mass is 19.1. The highest BCUT2D eigenvalue weighted by Crippen LogP contribution is 2.14. The Bertz CT molecular complexity index is 617. The molecule has 2 rings (SSSR count). The number of halogens is 1. The molecule has 0 aliphatic carbocycles. The van der Waals surface area contributed by atoms with Crippen LogP contribution in [-0.4, -0.2) is 28.7 Å². The van der Waals surface area contributed by atoms with Crippen molar-refractivity contribution in [2.24, 2.45) is 0 Å². The number of rotatable bonds is 5. The van der Waals surface area contributed by atoms with Crippen molar-refractivity contribution in [3.8, 4) is 0 Å². The Kier molecular flexibility index (Phi) is 5.49. The van der Waals surface area contributed by atoms with Crippen molar-refractivity contribution in [2.75, 3.05) is 11.9 Å². The van der Waals surface area contributed by atoms with Crippen molar-refractivity contribution in [1.82, 2.24) is 4.90 Å². The van der Waals surface area contributed by atoms with Crippen molar-refractivity contribution in [2.45, 2.75) is 19.6 Å². The van der Waals surface area contributed by atoms with Gasteiger partial charge < -0.3 is 15.3 Å². The number of anilines is 1. The number of carbonyl (C=O) groups excluding carboxylic acids is 1. The van der Waals surface area contributed by atoms with Crippen LogP contribution in [0, 0.1) is 5.82 Å². The topological polar surface area (TPSA) is 52.6 Å². The maximum atomic E-state index is 13.6. The monoisotopic (exact) mass is 302 g/mol. The van der Waals surface area contributed by atoms with Gasteiger partial charge in [0.1, 0.15) is 5.82 Å². The molecule has 0 heterocycles. The van der Waals surface area contributed by atoms with Gasteiger partial charge in [-0.1, -0.05) is 42.5 Å². The fourth-order valence-corrected chi connectivity index (χ4v) is 2.10. The second-order valence-corrected chi connectivity index (χ2v) is 5.13. The van der Waals surface area contributed by atoms with Crippen LogP contribution in [0.25, 0.3) is 0 Å². The zero-order valence-electron chi connectivity index (χ0n) is 12.4. The molecule has 1 unspecified atom stereocenters. The van der Waals surface area contributed by atoms with E-state index in [1.165, 1.54) is 17.0 Å². The zero-order valence-corrected chi connectivity index (χ0v) is 12.4. The summed E-state index contributed by atoms with van der Waals surface area (Å²) in [5.74, 6) is -0.493. The summed E-state index contributed by atoms with van der Waals surface area (Å²) < 4.78 is 13.6. The molecule has 0 fully saturated rings. The van der Waals surface area contributed by atoms with E-state index in [0.717, 1.165) is 5.56 Å². The predicted molar refractivity (Wildman–Crippen MR) is 84.0 cm³/mol. The van der Waals surface area contributed by atoms with Gasteiger partial charge in [-0.3, -0.25) is 0 Å². The van der Waals surface area contributed by atoms with Gasteiger partial charge in [-0.2, -0.15) is 0 Å². The molecular weight excluding hydrogens is 283 g/mol. The van der Waals surface area contributed by atoms with Crippen LogP contribution in [0.5, 0.6) is 0 Å². The molecule has 2 N–H and O–H groups in total. The molecule has 0 saturated carbocycles. The lowest BCUT2D eigenvalue weighted by Gasteiger charge is -2.24. The summed E-state index contributed by atoms with van der Waals surface area (Å²) in [6, 6.07) is 15.0. The van der Waals surface area contributed by atoms with E-state index in [2.05, 4.69) is 5.32 Å². The van der Waals surface area contributed by atoms with Crippen LogP contribution in [0.2, 0.25) is 0 Å². The van der Waals surface area contributed by atoms with Gasteiger partial charge in [0, 0.05) is 13.1 Å². The van der Waals surface area contributed by atoms with Crippen molar-refractivity contribution < 1.29 is 14.3 Å². The Morgan fingerprint density at radius 1 is 1.18 bits per heavy atom. The van der Waals surface area contributed by atoms with Crippen LogP contribution in [0.3, 0.4) is 0 Å². The lowest BCUT2D eigenvalue weighted by molar-refractivity contribution is 0.135. The first kappa shape index (κ1) is 16.0. The molecule has 0 saturated heterocycles. The zero-order chi connectivity index (χ0) is 15.9. The molecule has 5 heteroatoms. The van der Waals surface area contributed by atoms with Gasteiger partial charge in [0.15, 0.2) is 0 Å². The molecule has 2 aromatic carbocycles. The third kappa shape index (κ3) is 4.56. The third-order valence-electron chi connectivity index (χ3n) is 3.10. The molecule has 22 heavy (non-hydrogen) atoms. The Balaban J connectivity index is 2.11. The van der Waals surface area contributed by atoms with E-state index in [4.69, 9.17) is 0 Å². The number of hydrogen-bond donors (Lipinski definition) is 2. The van der Waals surface area contributed by atoms with Crippen molar-refractivity contribution >= 4 is 11.7 Å². The summed E-state index contributed by atoms with van der Waals surface area (Å²) in [7, 11) is 0. The highest BCUT2D eigenvalue weighted by molar-refractivity contribution is 5.89. The predicted octanol–water partition coefficient (Wildman–Crippen LogP) is 3.24. The molecule has 116 valence electrons. The Labute approximate surface area is 129 Å². The summed E-state index contributed by atoms with van der Waals surface area (Å²) in [5, 5.41) is 12.1. The number of amides is 2. The fourth-order valence-electron chi connectivity index (χ4n) is 2.10. The van der Waals surface area contributed by atoms with E-state index < -0.39 is 18.0 Å². The van der Waals surface area contributed by atoms with Gasteiger partial charge in [-0.05, 0) is 24.6 Å². The van der Waals surface area contributed by atoms with Crippen LogP contribution in [-0.2, 0) is 6.54 Å². The van der Waals surface area contributed by atoms with Crippen molar-refractivity contribution in [3.63, 3.8) is 0 Å². The highest BCUT2D eigenvalue weighted by Gasteiger charge is 2.17. The Morgan fingerprint density at radius 2 is 1.82 bits per heavy atom. The minimum atomic E-state index is -0.671. The second-order valence-electron chi connectivity index (χ2n) is 5.13. The molecule has 0 aliphatic rings. The number of carbonyl (C=O) groups is 1. The van der Waals surface area contributed by atoms with Crippen LogP contribution >= 0.6 is 0 Å². The number of para-hydroxylation sites is 1. The number of aliphatic hydroxyl groups excluding tert-OH is 1. The van der Waals surface area contributed by atoms with E-state index in [-0.39, 0.29) is 12.2 Å². The van der Waals surface area contributed by atoms with E-state index >= 15 is 0 Å². The van der Waals surface area contributed by atoms with Crippen molar-refractivity contribution in [3.05, 3.63) is 66.0 Å². The maximum absolute atomic E-state index is 13.6. The summed E-state index contributed by atoms with van der Waals surface area (Å²) >= 11 is 0. The molecule has 0 aromatic heterocycles. The van der Waals surface area contributed by atoms with E-state index in [9.17, 15) is 14.3 Å². The van der Waals surface area contributed by atoms with Gasteiger partial charge >= 0.3 is 6.03 Å². The first-order valence-corrected chi connectivity index (χ1v) is 7.08. The molecular formula is C17H19FN2O2. The number of nitrogens with zero attached hydrogens (tertiary/aromatic N) is 1. The van der Waals surface area contributed by atoms with Gasteiger partial charge in [0.05, 0.1) is 11.8 Å². The summed E-state index contributed by atoms with van der Waals surface area (Å²) in [4.78, 5) is 13.8. The average molecular weight is 302 g/mol. The molecule has 2 aromatic rings. The second kappa shape index (κ2) is 7.56. The molecule has 0 radical (unpaired) electrons. The van der Waals surface area contributed by atoms with Gasteiger partial charge in [0.25, 0.3) is 0 Å². The molecule has 0 bridgehead atoms. The fraction of sp³-hybridized carbons (Fsp3) is 0.235. The number of hydrogen-bond acceptors (Lipinski definition) is 2. The molecule has 4 nitrogen and oxygen atoms in total. The summed E-state index contributed by atoms with van der Waals surface area (Å²) in [6.45, 7) is 2.11. The smallest absolute Gasteiger partial charge is 0.322 e. The number of nitrogens with one attached hydrogen (secondary N) is 1.